The number of anilines is 1. The summed E-state index contributed by atoms with van der Waals surface area (Å²) < 4.78 is 2.36. The molecule has 3 nitrogen and oxygen atoms in total. The maximum Gasteiger partial charge on any atom is 0.183 e. The molecule has 5 rings (SSSR count). The largest absolute Gasteiger partial charge is 0.359 e. The van der Waals surface area contributed by atoms with Crippen LogP contribution in [0.3, 0.4) is 0 Å². The Labute approximate surface area is 182 Å². The molecular weight excluding hydrogens is 386 g/mol. The minimum absolute atomic E-state index is 0.565. The van der Waals surface area contributed by atoms with Gasteiger partial charge in [-0.1, -0.05) is 62.2 Å². The van der Waals surface area contributed by atoms with E-state index >= 15 is 0 Å². The number of fused-ring (bicyclic) bond motifs is 1. The highest BCUT2D eigenvalue weighted by molar-refractivity contribution is 7.14. The van der Waals surface area contributed by atoms with Crippen LogP contribution in [0.25, 0.3) is 22.2 Å². The van der Waals surface area contributed by atoms with E-state index in [9.17, 15) is 0 Å². The van der Waals surface area contributed by atoms with E-state index in [1.54, 1.807) is 11.3 Å². The van der Waals surface area contributed by atoms with Crippen LogP contribution in [0.2, 0.25) is 0 Å². The van der Waals surface area contributed by atoms with Gasteiger partial charge in [0.2, 0.25) is 0 Å². The zero-order valence-corrected chi connectivity index (χ0v) is 18.6. The van der Waals surface area contributed by atoms with Crippen molar-refractivity contribution in [1.82, 2.24) is 9.55 Å². The van der Waals surface area contributed by atoms with Crippen LogP contribution in [0.4, 0.5) is 5.13 Å². The molecule has 0 saturated heterocycles. The summed E-state index contributed by atoms with van der Waals surface area (Å²) in [5.74, 6) is 0.815. The SMILES string of the molecule is Cc1ccc2c(-c3csc(NC4CCCC(C)C4)n3)cn(Cc3ccccc3)c2c1. The molecule has 1 fully saturated rings. The lowest BCUT2D eigenvalue weighted by Gasteiger charge is -2.27. The molecule has 0 spiro atoms. The molecule has 1 aliphatic carbocycles. The third kappa shape index (κ3) is 4.01. The van der Waals surface area contributed by atoms with Crippen molar-refractivity contribution in [2.75, 3.05) is 5.32 Å². The molecule has 154 valence electrons. The van der Waals surface area contributed by atoms with Crippen molar-refractivity contribution < 1.29 is 0 Å². The van der Waals surface area contributed by atoms with Crippen LogP contribution in [-0.4, -0.2) is 15.6 Å². The summed E-state index contributed by atoms with van der Waals surface area (Å²) in [6.07, 6.45) is 7.48. The molecule has 2 aromatic carbocycles. The lowest BCUT2D eigenvalue weighted by atomic mass is 9.87. The van der Waals surface area contributed by atoms with Crippen molar-refractivity contribution in [3.8, 4) is 11.3 Å². The Morgan fingerprint density at radius 2 is 2.00 bits per heavy atom. The van der Waals surface area contributed by atoms with Gasteiger partial charge in [0, 0.05) is 40.6 Å². The van der Waals surface area contributed by atoms with Gasteiger partial charge in [-0.25, -0.2) is 4.98 Å². The predicted octanol–water partition coefficient (Wildman–Crippen LogP) is 7.11. The standard InChI is InChI=1S/C26H29N3S/c1-18-7-6-10-21(13-18)27-26-28-24(17-30-26)23-16-29(15-20-8-4-3-5-9-20)25-14-19(2)11-12-22(23)25/h3-5,8-9,11-12,14,16-18,21H,6-7,10,13,15H2,1-2H3,(H,27,28). The van der Waals surface area contributed by atoms with E-state index in [0.717, 1.165) is 23.3 Å². The molecule has 30 heavy (non-hydrogen) atoms. The second kappa shape index (κ2) is 8.27. The average molecular weight is 416 g/mol. The maximum absolute atomic E-state index is 4.99. The van der Waals surface area contributed by atoms with Crippen LogP contribution in [0.15, 0.2) is 60.1 Å². The molecular formula is C26H29N3S. The molecule has 0 aliphatic heterocycles. The smallest absolute Gasteiger partial charge is 0.183 e. The monoisotopic (exact) mass is 415 g/mol. The van der Waals surface area contributed by atoms with Gasteiger partial charge in [0.1, 0.15) is 0 Å². The third-order valence-electron chi connectivity index (χ3n) is 6.28. The van der Waals surface area contributed by atoms with Crippen LogP contribution in [0.5, 0.6) is 0 Å². The minimum Gasteiger partial charge on any atom is -0.359 e. The first kappa shape index (κ1) is 19.4. The Balaban J connectivity index is 1.46. The van der Waals surface area contributed by atoms with Crippen molar-refractivity contribution in [3.63, 3.8) is 0 Å². The Morgan fingerprint density at radius 3 is 2.83 bits per heavy atom. The van der Waals surface area contributed by atoms with Crippen molar-refractivity contribution >= 4 is 27.4 Å². The minimum atomic E-state index is 0.565. The number of thiazole rings is 1. The number of aromatic nitrogens is 2. The van der Waals surface area contributed by atoms with Gasteiger partial charge in [0.25, 0.3) is 0 Å². The summed E-state index contributed by atoms with van der Waals surface area (Å²) in [5.41, 5.74) is 6.18. The fourth-order valence-electron chi connectivity index (χ4n) is 4.72. The van der Waals surface area contributed by atoms with Gasteiger partial charge in [-0.2, -0.15) is 0 Å². The van der Waals surface area contributed by atoms with Crippen LogP contribution in [0.1, 0.15) is 43.7 Å². The van der Waals surface area contributed by atoms with Crippen molar-refractivity contribution in [1.29, 1.82) is 0 Å². The van der Waals surface area contributed by atoms with E-state index in [1.165, 1.54) is 53.3 Å². The van der Waals surface area contributed by atoms with Gasteiger partial charge in [0.15, 0.2) is 5.13 Å². The summed E-state index contributed by atoms with van der Waals surface area (Å²) in [6, 6.07) is 18.0. The Hall–Kier alpha value is -2.59. The highest BCUT2D eigenvalue weighted by Crippen LogP contribution is 2.35. The number of aryl methyl sites for hydroxylation is 1. The molecule has 2 heterocycles. The zero-order valence-electron chi connectivity index (χ0n) is 17.8. The van der Waals surface area contributed by atoms with E-state index in [4.69, 9.17) is 4.98 Å². The molecule has 1 saturated carbocycles. The van der Waals surface area contributed by atoms with E-state index in [1.807, 2.05) is 0 Å². The zero-order chi connectivity index (χ0) is 20.5. The Morgan fingerprint density at radius 1 is 1.13 bits per heavy atom. The summed E-state index contributed by atoms with van der Waals surface area (Å²) in [6.45, 7) is 5.40. The summed E-state index contributed by atoms with van der Waals surface area (Å²) in [5, 5.41) is 8.24. The van der Waals surface area contributed by atoms with Gasteiger partial charge in [-0.3, -0.25) is 0 Å². The molecule has 0 bridgehead atoms. The number of nitrogens with one attached hydrogen (secondary N) is 1. The molecule has 2 aromatic heterocycles. The summed E-state index contributed by atoms with van der Waals surface area (Å²) >= 11 is 1.73. The van der Waals surface area contributed by atoms with E-state index in [2.05, 4.69) is 83.8 Å². The molecule has 1 N–H and O–H groups in total. The van der Waals surface area contributed by atoms with Crippen LogP contribution >= 0.6 is 11.3 Å². The molecule has 2 unspecified atom stereocenters. The Bertz CT molecular complexity index is 1140. The van der Waals surface area contributed by atoms with Crippen LogP contribution in [-0.2, 0) is 6.54 Å². The van der Waals surface area contributed by atoms with Gasteiger partial charge in [-0.15, -0.1) is 11.3 Å². The fraction of sp³-hybridized carbons (Fsp3) is 0.346. The molecule has 0 amide bonds. The molecule has 4 aromatic rings. The van der Waals surface area contributed by atoms with Crippen LogP contribution in [0, 0.1) is 12.8 Å². The second-order valence-electron chi connectivity index (χ2n) is 8.83. The Kier molecular flexibility index (Phi) is 5.34. The fourth-order valence-corrected chi connectivity index (χ4v) is 5.51. The van der Waals surface area contributed by atoms with Gasteiger partial charge < -0.3 is 9.88 Å². The van der Waals surface area contributed by atoms with Crippen molar-refractivity contribution in [2.45, 2.75) is 52.1 Å². The van der Waals surface area contributed by atoms with E-state index < -0.39 is 0 Å². The average Bonchev–Trinajstić information content (AvgIpc) is 3.33. The summed E-state index contributed by atoms with van der Waals surface area (Å²) in [4.78, 5) is 4.99. The number of rotatable bonds is 5. The van der Waals surface area contributed by atoms with Gasteiger partial charge >= 0.3 is 0 Å². The van der Waals surface area contributed by atoms with Gasteiger partial charge in [-0.05, 0) is 42.9 Å². The molecule has 2 atom stereocenters. The molecule has 0 radical (unpaired) electrons. The highest BCUT2D eigenvalue weighted by atomic mass is 32.1. The first-order chi connectivity index (χ1) is 14.7. The number of nitrogens with zero attached hydrogens (tertiary/aromatic N) is 2. The first-order valence-electron chi connectivity index (χ1n) is 11.0. The van der Waals surface area contributed by atoms with Crippen molar-refractivity contribution in [3.05, 3.63) is 71.2 Å². The lowest BCUT2D eigenvalue weighted by Crippen LogP contribution is -2.26. The summed E-state index contributed by atoms with van der Waals surface area (Å²) in [7, 11) is 0. The van der Waals surface area contributed by atoms with Crippen LogP contribution < -0.4 is 5.32 Å². The predicted molar refractivity (Wildman–Crippen MR) is 128 cm³/mol. The van der Waals surface area contributed by atoms with Crippen molar-refractivity contribution in [2.24, 2.45) is 5.92 Å². The maximum atomic E-state index is 4.99. The first-order valence-corrected chi connectivity index (χ1v) is 11.9. The lowest BCUT2D eigenvalue weighted by molar-refractivity contribution is 0.358. The highest BCUT2D eigenvalue weighted by Gasteiger charge is 2.20. The second-order valence-corrected chi connectivity index (χ2v) is 9.69. The number of hydrogen-bond donors (Lipinski definition) is 1. The molecule has 1 aliphatic rings. The number of hydrogen-bond acceptors (Lipinski definition) is 3. The molecule has 4 heteroatoms. The van der Waals surface area contributed by atoms with E-state index in [-0.39, 0.29) is 0 Å². The van der Waals surface area contributed by atoms with Gasteiger partial charge in [0.05, 0.1) is 5.69 Å². The normalized spacial score (nSPS) is 19.3. The quantitative estimate of drug-likeness (QED) is 0.376. The third-order valence-corrected chi connectivity index (χ3v) is 7.05. The van der Waals surface area contributed by atoms with E-state index in [0.29, 0.717) is 6.04 Å². The topological polar surface area (TPSA) is 29.9 Å². The number of benzene rings is 2.